The molecule has 1 aromatic carbocycles. The lowest BCUT2D eigenvalue weighted by molar-refractivity contribution is -0.137. The highest BCUT2D eigenvalue weighted by molar-refractivity contribution is 7.09. The largest absolute Gasteiger partial charge is 0.416 e. The molecular weight excluding hydrogens is 363 g/mol. The lowest BCUT2D eigenvalue weighted by Crippen LogP contribution is -2.35. The maximum Gasteiger partial charge on any atom is 0.416 e. The number of urea groups is 1. The highest BCUT2D eigenvalue weighted by Gasteiger charge is 2.29. The zero-order valence-electron chi connectivity index (χ0n) is 13.7. The van der Waals surface area contributed by atoms with Gasteiger partial charge in [0.1, 0.15) is 0 Å². The third-order valence-corrected chi connectivity index (χ3v) is 4.76. The fraction of sp³-hybridized carbons (Fsp3) is 0.333. The Morgan fingerprint density at radius 2 is 1.96 bits per heavy atom. The predicted molar refractivity (Wildman–Crippen MR) is 92.6 cm³/mol. The number of halogens is 3. The van der Waals surface area contributed by atoms with Crippen LogP contribution in [0.4, 0.5) is 18.0 Å². The molecule has 136 valence electrons. The van der Waals surface area contributed by atoms with Crippen LogP contribution < -0.4 is 10.6 Å². The van der Waals surface area contributed by atoms with Crippen molar-refractivity contribution in [1.29, 1.82) is 0 Å². The van der Waals surface area contributed by atoms with Crippen molar-refractivity contribution in [3.8, 4) is 11.8 Å². The van der Waals surface area contributed by atoms with Crippen LogP contribution in [0, 0.1) is 11.8 Å². The standard InChI is InChI=1S/C18H16F3N3OS/c19-18(20,21)14-7-3-12(4-8-14)2-1-9-22-17(25)23-10-15-11-26-16(24-15)13-5-6-13/h3-4,7-8,11,13H,5-6,9-10H2,(H2,22,23,25). The summed E-state index contributed by atoms with van der Waals surface area (Å²) in [6.45, 7) is 0.443. The number of benzene rings is 1. The number of alkyl halides is 3. The maximum absolute atomic E-state index is 12.5. The number of aromatic nitrogens is 1. The molecule has 1 saturated carbocycles. The van der Waals surface area contributed by atoms with Gasteiger partial charge in [-0.05, 0) is 37.1 Å². The molecule has 2 aromatic rings. The summed E-state index contributed by atoms with van der Waals surface area (Å²) in [5.41, 5.74) is 0.575. The third-order valence-electron chi connectivity index (χ3n) is 3.71. The average molecular weight is 379 g/mol. The zero-order chi connectivity index (χ0) is 18.6. The van der Waals surface area contributed by atoms with Crippen LogP contribution in [0.15, 0.2) is 29.6 Å². The second kappa shape index (κ2) is 7.79. The molecular formula is C18H16F3N3OS. The highest BCUT2D eigenvalue weighted by atomic mass is 32.1. The second-order valence-corrected chi connectivity index (χ2v) is 6.75. The van der Waals surface area contributed by atoms with Crippen LogP contribution in [-0.2, 0) is 12.7 Å². The molecule has 2 amide bonds. The van der Waals surface area contributed by atoms with Gasteiger partial charge in [-0.1, -0.05) is 11.8 Å². The van der Waals surface area contributed by atoms with Gasteiger partial charge >= 0.3 is 12.2 Å². The van der Waals surface area contributed by atoms with Crippen LogP contribution in [0.3, 0.4) is 0 Å². The molecule has 1 aromatic heterocycles. The highest BCUT2D eigenvalue weighted by Crippen LogP contribution is 2.41. The zero-order valence-corrected chi connectivity index (χ0v) is 14.5. The van der Waals surface area contributed by atoms with Gasteiger partial charge in [0.05, 0.1) is 29.4 Å². The number of amides is 2. The summed E-state index contributed by atoms with van der Waals surface area (Å²) < 4.78 is 37.4. The van der Waals surface area contributed by atoms with Crippen LogP contribution in [0.1, 0.15) is 40.6 Å². The van der Waals surface area contributed by atoms with E-state index in [2.05, 4.69) is 27.5 Å². The van der Waals surface area contributed by atoms with E-state index >= 15 is 0 Å². The summed E-state index contributed by atoms with van der Waals surface area (Å²) in [5, 5.41) is 8.34. The van der Waals surface area contributed by atoms with Crippen molar-refractivity contribution in [3.63, 3.8) is 0 Å². The van der Waals surface area contributed by atoms with Gasteiger partial charge in [0, 0.05) is 16.9 Å². The number of carbonyl (C=O) groups excluding carboxylic acids is 1. The van der Waals surface area contributed by atoms with E-state index in [1.54, 1.807) is 11.3 Å². The van der Waals surface area contributed by atoms with Crippen molar-refractivity contribution < 1.29 is 18.0 Å². The van der Waals surface area contributed by atoms with Crippen molar-refractivity contribution in [3.05, 3.63) is 51.5 Å². The normalized spacial score (nSPS) is 13.7. The predicted octanol–water partition coefficient (Wildman–Crippen LogP) is 3.89. The minimum atomic E-state index is -4.36. The molecule has 2 N–H and O–H groups in total. The van der Waals surface area contributed by atoms with Gasteiger partial charge in [-0.25, -0.2) is 9.78 Å². The molecule has 0 atom stereocenters. The quantitative estimate of drug-likeness (QED) is 0.792. The third kappa shape index (κ3) is 5.23. The van der Waals surface area contributed by atoms with E-state index in [0.717, 1.165) is 22.8 Å². The summed E-state index contributed by atoms with van der Waals surface area (Å²) in [7, 11) is 0. The Hall–Kier alpha value is -2.53. The van der Waals surface area contributed by atoms with E-state index in [4.69, 9.17) is 0 Å². The number of carbonyl (C=O) groups is 1. The molecule has 0 unspecified atom stereocenters. The van der Waals surface area contributed by atoms with Gasteiger partial charge in [0.15, 0.2) is 0 Å². The number of nitrogens with zero attached hydrogens (tertiary/aromatic N) is 1. The number of nitrogens with one attached hydrogen (secondary N) is 2. The molecule has 0 aliphatic heterocycles. The molecule has 0 spiro atoms. The monoisotopic (exact) mass is 379 g/mol. The Balaban J connectivity index is 1.40. The molecule has 26 heavy (non-hydrogen) atoms. The lowest BCUT2D eigenvalue weighted by Gasteiger charge is -2.05. The van der Waals surface area contributed by atoms with Crippen LogP contribution in [0.2, 0.25) is 0 Å². The van der Waals surface area contributed by atoms with E-state index in [0.29, 0.717) is 18.0 Å². The molecule has 0 bridgehead atoms. The lowest BCUT2D eigenvalue weighted by atomic mass is 10.1. The van der Waals surface area contributed by atoms with Gasteiger partial charge in [0.25, 0.3) is 0 Å². The van der Waals surface area contributed by atoms with Crippen LogP contribution in [0.5, 0.6) is 0 Å². The minimum Gasteiger partial charge on any atom is -0.332 e. The van der Waals surface area contributed by atoms with E-state index in [-0.39, 0.29) is 12.6 Å². The summed E-state index contributed by atoms with van der Waals surface area (Å²) in [6, 6.07) is 4.19. The van der Waals surface area contributed by atoms with Crippen molar-refractivity contribution in [1.82, 2.24) is 15.6 Å². The smallest absolute Gasteiger partial charge is 0.332 e. The molecule has 0 saturated heterocycles. The topological polar surface area (TPSA) is 54.0 Å². The van der Waals surface area contributed by atoms with Crippen LogP contribution in [-0.4, -0.2) is 17.6 Å². The molecule has 1 aliphatic rings. The Bertz CT molecular complexity index is 830. The Morgan fingerprint density at radius 1 is 1.23 bits per heavy atom. The van der Waals surface area contributed by atoms with Crippen molar-refractivity contribution in [2.45, 2.75) is 31.5 Å². The molecule has 8 heteroatoms. The van der Waals surface area contributed by atoms with Gasteiger partial charge < -0.3 is 10.6 Å². The molecule has 1 aliphatic carbocycles. The average Bonchev–Trinajstić information content (AvgIpc) is 3.35. The van der Waals surface area contributed by atoms with Gasteiger partial charge in [-0.3, -0.25) is 0 Å². The van der Waals surface area contributed by atoms with Crippen molar-refractivity contribution in [2.24, 2.45) is 0 Å². The summed E-state index contributed by atoms with van der Waals surface area (Å²) in [5.74, 6) is 6.00. The summed E-state index contributed by atoms with van der Waals surface area (Å²) >= 11 is 1.62. The fourth-order valence-corrected chi connectivity index (χ4v) is 3.16. The SMILES string of the molecule is O=C(NCC#Cc1ccc(C(F)(F)F)cc1)NCc1csc(C2CC2)n1. The molecule has 0 radical (unpaired) electrons. The van der Waals surface area contributed by atoms with Gasteiger partial charge in [-0.15, -0.1) is 11.3 Å². The first-order valence-electron chi connectivity index (χ1n) is 8.04. The first-order chi connectivity index (χ1) is 12.4. The Kier molecular flexibility index (Phi) is 5.47. The number of hydrogen-bond acceptors (Lipinski definition) is 3. The maximum atomic E-state index is 12.5. The molecule has 4 nitrogen and oxygen atoms in total. The first-order valence-corrected chi connectivity index (χ1v) is 8.92. The van der Waals surface area contributed by atoms with E-state index < -0.39 is 11.7 Å². The van der Waals surface area contributed by atoms with E-state index in [1.165, 1.54) is 25.0 Å². The van der Waals surface area contributed by atoms with Gasteiger partial charge in [0.2, 0.25) is 0 Å². The number of thiazole rings is 1. The Morgan fingerprint density at radius 3 is 2.62 bits per heavy atom. The van der Waals surface area contributed by atoms with E-state index in [1.807, 2.05) is 5.38 Å². The fourth-order valence-electron chi connectivity index (χ4n) is 2.17. The molecule has 3 rings (SSSR count). The van der Waals surface area contributed by atoms with Crippen molar-refractivity contribution in [2.75, 3.05) is 6.54 Å². The Labute approximate surface area is 152 Å². The number of hydrogen-bond donors (Lipinski definition) is 2. The second-order valence-electron chi connectivity index (χ2n) is 5.86. The van der Waals surface area contributed by atoms with Crippen LogP contribution >= 0.6 is 11.3 Å². The molecule has 1 fully saturated rings. The van der Waals surface area contributed by atoms with E-state index in [9.17, 15) is 18.0 Å². The van der Waals surface area contributed by atoms with Crippen molar-refractivity contribution >= 4 is 17.4 Å². The van der Waals surface area contributed by atoms with Gasteiger partial charge in [-0.2, -0.15) is 13.2 Å². The first kappa shape index (κ1) is 18.3. The van der Waals surface area contributed by atoms with Crippen LogP contribution in [0.25, 0.3) is 0 Å². The molecule has 1 heterocycles. The summed E-state index contributed by atoms with van der Waals surface area (Å²) in [6.07, 6.45) is -1.97. The summed E-state index contributed by atoms with van der Waals surface area (Å²) in [4.78, 5) is 16.2. The minimum absolute atomic E-state index is 0.0945. The number of rotatable bonds is 4.